The van der Waals surface area contributed by atoms with Gasteiger partial charge in [-0.2, -0.15) is 0 Å². The van der Waals surface area contributed by atoms with Crippen LogP contribution in [0.15, 0.2) is 72.5 Å². The third kappa shape index (κ3) is 3.89. The maximum absolute atomic E-state index is 12.5. The standard InChI is InChI=1S/C27H22O4/c1-16-3-7-18(8-4-16)26(28)30-21-12-11-20-13-25(24-15-23(24)22(20)14-21)31-27(29)19-9-5-17(2)6-10-19/h3-14,23-24H,15H2,1-2H3/t23?,24-/m1/s1. The maximum Gasteiger partial charge on any atom is 0.343 e. The molecule has 0 saturated heterocycles. The van der Waals surface area contributed by atoms with Crippen LogP contribution >= 0.6 is 0 Å². The predicted octanol–water partition coefficient (Wildman–Crippen LogP) is 5.84. The molecule has 2 aliphatic rings. The average Bonchev–Trinajstić information content (AvgIpc) is 3.57. The minimum atomic E-state index is -0.369. The van der Waals surface area contributed by atoms with Crippen LogP contribution in [0.1, 0.15) is 55.3 Å². The van der Waals surface area contributed by atoms with E-state index in [1.54, 1.807) is 30.3 Å². The van der Waals surface area contributed by atoms with Gasteiger partial charge >= 0.3 is 11.9 Å². The van der Waals surface area contributed by atoms with Crippen molar-refractivity contribution in [3.8, 4) is 5.75 Å². The molecule has 154 valence electrons. The molecule has 1 saturated carbocycles. The Morgan fingerprint density at radius 1 is 0.742 bits per heavy atom. The van der Waals surface area contributed by atoms with Gasteiger partial charge in [-0.15, -0.1) is 0 Å². The molecule has 3 aromatic carbocycles. The Hall–Kier alpha value is -3.66. The highest BCUT2D eigenvalue weighted by atomic mass is 16.5. The summed E-state index contributed by atoms with van der Waals surface area (Å²) in [6.45, 7) is 3.96. The molecule has 2 aliphatic carbocycles. The molecule has 5 rings (SSSR count). The van der Waals surface area contributed by atoms with E-state index in [9.17, 15) is 9.59 Å². The summed E-state index contributed by atoms with van der Waals surface area (Å²) in [5.74, 6) is 1.04. The molecule has 0 aromatic heterocycles. The lowest BCUT2D eigenvalue weighted by Gasteiger charge is -2.17. The summed E-state index contributed by atoms with van der Waals surface area (Å²) >= 11 is 0. The van der Waals surface area contributed by atoms with Crippen LogP contribution in [0.3, 0.4) is 0 Å². The predicted molar refractivity (Wildman–Crippen MR) is 118 cm³/mol. The van der Waals surface area contributed by atoms with Crippen LogP contribution in [0.25, 0.3) is 6.08 Å². The van der Waals surface area contributed by atoms with Gasteiger partial charge in [-0.05, 0) is 79.8 Å². The van der Waals surface area contributed by atoms with Crippen molar-refractivity contribution >= 4 is 18.0 Å². The van der Waals surface area contributed by atoms with Crippen LogP contribution in [0.5, 0.6) is 5.75 Å². The van der Waals surface area contributed by atoms with Gasteiger partial charge in [-0.1, -0.05) is 41.5 Å². The number of esters is 2. The van der Waals surface area contributed by atoms with Gasteiger partial charge in [0.05, 0.1) is 11.1 Å². The number of fused-ring (bicyclic) bond motifs is 3. The van der Waals surface area contributed by atoms with Crippen molar-refractivity contribution in [2.24, 2.45) is 5.92 Å². The molecule has 31 heavy (non-hydrogen) atoms. The topological polar surface area (TPSA) is 52.6 Å². The zero-order chi connectivity index (χ0) is 21.5. The molecule has 4 heteroatoms. The van der Waals surface area contributed by atoms with Crippen LogP contribution in [0.4, 0.5) is 0 Å². The second kappa shape index (κ2) is 7.55. The molecule has 0 radical (unpaired) electrons. The van der Waals surface area contributed by atoms with Gasteiger partial charge in [0.1, 0.15) is 11.5 Å². The van der Waals surface area contributed by atoms with Crippen molar-refractivity contribution in [3.63, 3.8) is 0 Å². The lowest BCUT2D eigenvalue weighted by molar-refractivity contribution is 0.0609. The molecule has 0 aliphatic heterocycles. The van der Waals surface area contributed by atoms with E-state index in [1.165, 1.54) is 0 Å². The fourth-order valence-electron chi connectivity index (χ4n) is 4.00. The normalized spacial score (nSPS) is 18.3. The first kappa shape index (κ1) is 19.3. The quantitative estimate of drug-likeness (QED) is 0.401. The highest BCUT2D eigenvalue weighted by Crippen LogP contribution is 2.57. The second-order valence-corrected chi connectivity index (χ2v) is 8.30. The van der Waals surface area contributed by atoms with Crippen molar-refractivity contribution < 1.29 is 19.1 Å². The Bertz CT molecular complexity index is 1200. The molecule has 3 aromatic rings. The molecule has 0 amide bonds. The second-order valence-electron chi connectivity index (χ2n) is 8.30. The summed E-state index contributed by atoms with van der Waals surface area (Å²) in [6.07, 6.45) is 2.86. The zero-order valence-electron chi connectivity index (χ0n) is 17.4. The smallest absolute Gasteiger partial charge is 0.343 e. The summed E-state index contributed by atoms with van der Waals surface area (Å²) in [4.78, 5) is 24.9. The van der Waals surface area contributed by atoms with E-state index in [1.807, 2.05) is 56.3 Å². The van der Waals surface area contributed by atoms with Gasteiger partial charge in [0, 0.05) is 5.92 Å². The van der Waals surface area contributed by atoms with Gasteiger partial charge in [0.15, 0.2) is 0 Å². The Morgan fingerprint density at radius 3 is 1.94 bits per heavy atom. The molecule has 0 N–H and O–H groups in total. The first-order valence-electron chi connectivity index (χ1n) is 10.4. The minimum absolute atomic E-state index is 0.199. The summed E-state index contributed by atoms with van der Waals surface area (Å²) in [5.41, 5.74) is 5.40. The van der Waals surface area contributed by atoms with E-state index >= 15 is 0 Å². The average molecular weight is 410 g/mol. The maximum atomic E-state index is 12.5. The van der Waals surface area contributed by atoms with Crippen molar-refractivity contribution in [2.45, 2.75) is 26.2 Å². The monoisotopic (exact) mass is 410 g/mol. The summed E-state index contributed by atoms with van der Waals surface area (Å²) < 4.78 is 11.3. The van der Waals surface area contributed by atoms with E-state index in [4.69, 9.17) is 9.47 Å². The molecule has 1 unspecified atom stereocenters. The summed E-state index contributed by atoms with van der Waals surface area (Å²) in [6, 6.07) is 20.3. The molecule has 0 spiro atoms. The Balaban J connectivity index is 1.33. The number of carbonyl (C=O) groups excluding carboxylic acids is 2. The molecule has 4 nitrogen and oxygen atoms in total. The highest BCUT2D eigenvalue weighted by Gasteiger charge is 2.46. The van der Waals surface area contributed by atoms with Gasteiger partial charge in [-0.25, -0.2) is 9.59 Å². The third-order valence-electron chi connectivity index (χ3n) is 5.91. The molecule has 2 atom stereocenters. The first-order chi connectivity index (χ1) is 15.0. The number of hydrogen-bond donors (Lipinski definition) is 0. The first-order valence-corrected chi connectivity index (χ1v) is 10.4. The molecular weight excluding hydrogens is 388 g/mol. The Kier molecular flexibility index (Phi) is 4.70. The number of allylic oxidation sites excluding steroid dienone is 1. The number of rotatable bonds is 4. The number of benzene rings is 3. The summed E-state index contributed by atoms with van der Waals surface area (Å²) in [7, 11) is 0. The molecule has 1 fully saturated rings. The van der Waals surface area contributed by atoms with Crippen molar-refractivity contribution in [1.29, 1.82) is 0 Å². The fourth-order valence-corrected chi connectivity index (χ4v) is 4.00. The van der Waals surface area contributed by atoms with E-state index in [2.05, 4.69) is 0 Å². The van der Waals surface area contributed by atoms with Crippen molar-refractivity contribution in [2.75, 3.05) is 0 Å². The van der Waals surface area contributed by atoms with Crippen LogP contribution in [-0.4, -0.2) is 11.9 Å². The number of carbonyl (C=O) groups is 2. The van der Waals surface area contributed by atoms with Gasteiger partial charge < -0.3 is 9.47 Å². The minimum Gasteiger partial charge on any atom is -0.427 e. The zero-order valence-corrected chi connectivity index (χ0v) is 17.4. The van der Waals surface area contributed by atoms with Crippen molar-refractivity contribution in [1.82, 2.24) is 0 Å². The van der Waals surface area contributed by atoms with Gasteiger partial charge in [0.25, 0.3) is 0 Å². The molecule has 0 heterocycles. The van der Waals surface area contributed by atoms with Gasteiger partial charge in [-0.3, -0.25) is 0 Å². The van der Waals surface area contributed by atoms with E-state index in [0.717, 1.165) is 28.7 Å². The van der Waals surface area contributed by atoms with Crippen LogP contribution in [0.2, 0.25) is 0 Å². The number of aryl methyl sites for hydroxylation is 2. The SMILES string of the molecule is Cc1ccc(C(=O)OC2=Cc3ccc(OC(=O)c4ccc(C)cc4)cc3C3C[C@@H]23)cc1. The Labute approximate surface area is 181 Å². The lowest BCUT2D eigenvalue weighted by Crippen LogP contribution is -2.10. The lowest BCUT2D eigenvalue weighted by atomic mass is 9.96. The Morgan fingerprint density at radius 2 is 1.32 bits per heavy atom. The van der Waals surface area contributed by atoms with Crippen LogP contribution < -0.4 is 4.74 Å². The van der Waals surface area contributed by atoms with Crippen LogP contribution in [-0.2, 0) is 4.74 Å². The van der Waals surface area contributed by atoms with Gasteiger partial charge in [0.2, 0.25) is 0 Å². The number of ether oxygens (including phenoxy) is 2. The van der Waals surface area contributed by atoms with E-state index in [0.29, 0.717) is 28.6 Å². The fraction of sp³-hybridized carbons (Fsp3) is 0.185. The highest BCUT2D eigenvalue weighted by molar-refractivity contribution is 5.91. The summed E-state index contributed by atoms with van der Waals surface area (Å²) in [5, 5.41) is 0. The number of hydrogen-bond acceptors (Lipinski definition) is 4. The molecular formula is C27H22O4. The third-order valence-corrected chi connectivity index (χ3v) is 5.91. The van der Waals surface area contributed by atoms with Crippen LogP contribution in [0, 0.1) is 19.8 Å². The van der Waals surface area contributed by atoms with E-state index in [-0.39, 0.29) is 17.9 Å². The van der Waals surface area contributed by atoms with E-state index < -0.39 is 0 Å². The largest absolute Gasteiger partial charge is 0.427 e. The van der Waals surface area contributed by atoms with Crippen molar-refractivity contribution in [3.05, 3.63) is 106 Å². The molecule has 0 bridgehead atoms.